The van der Waals surface area contributed by atoms with Gasteiger partial charge in [-0.1, -0.05) is 0 Å². The molecule has 10 nitrogen and oxygen atoms in total. The zero-order valence-electron chi connectivity index (χ0n) is 14.7. The van der Waals surface area contributed by atoms with Crippen molar-refractivity contribution >= 4 is 11.4 Å². The Bertz CT molecular complexity index is 799. The summed E-state index contributed by atoms with van der Waals surface area (Å²) in [5.74, 6) is 0. The lowest BCUT2D eigenvalue weighted by Gasteiger charge is -2.43. The quantitative estimate of drug-likeness (QED) is 0.604. The summed E-state index contributed by atoms with van der Waals surface area (Å²) < 4.78 is 11.8. The average molecular weight is 386 g/mol. The van der Waals surface area contributed by atoms with Gasteiger partial charge in [-0.25, -0.2) is 0 Å². The molecule has 2 aromatic rings. The summed E-state index contributed by atoms with van der Waals surface area (Å²) in [6, 6.07) is 12.5. The fourth-order valence-electron chi connectivity index (χ4n) is 3.37. The lowest BCUT2D eigenvalue weighted by Crippen LogP contribution is -2.62. The first kappa shape index (κ1) is 18.4. The Morgan fingerprint density at radius 2 is 1.07 bits per heavy atom. The maximum absolute atomic E-state index is 10.8. The van der Waals surface area contributed by atoms with Crippen LogP contribution >= 0.6 is 0 Å². The molecule has 0 spiro atoms. The van der Waals surface area contributed by atoms with Crippen LogP contribution in [0.25, 0.3) is 0 Å². The van der Waals surface area contributed by atoms with Crippen molar-refractivity contribution in [1.82, 2.24) is 10.6 Å². The number of nitro groups is 2. The summed E-state index contributed by atoms with van der Waals surface area (Å²) in [6.07, 6.45) is -0.744. The molecule has 2 heterocycles. The summed E-state index contributed by atoms with van der Waals surface area (Å²) in [5.41, 5.74) is 1.68. The Morgan fingerprint density at radius 3 is 1.39 bits per heavy atom. The van der Waals surface area contributed by atoms with Gasteiger partial charge in [0.2, 0.25) is 0 Å². The van der Waals surface area contributed by atoms with Crippen LogP contribution in [0.15, 0.2) is 48.5 Å². The Balaban J connectivity index is 1.39. The van der Waals surface area contributed by atoms with Gasteiger partial charge >= 0.3 is 0 Å². The number of fused-ring (bicyclic) bond motifs is 1. The highest BCUT2D eigenvalue weighted by atomic mass is 16.6. The summed E-state index contributed by atoms with van der Waals surface area (Å²) in [7, 11) is 0. The molecule has 2 N–H and O–H groups in total. The normalized spacial score (nSPS) is 27.0. The van der Waals surface area contributed by atoms with Crippen LogP contribution in [0, 0.1) is 20.2 Å². The van der Waals surface area contributed by atoms with Gasteiger partial charge in [-0.05, 0) is 35.4 Å². The van der Waals surface area contributed by atoms with E-state index in [-0.39, 0.29) is 35.9 Å². The molecule has 0 unspecified atom stereocenters. The number of benzene rings is 2. The molecule has 146 valence electrons. The van der Waals surface area contributed by atoms with Gasteiger partial charge in [-0.2, -0.15) is 0 Å². The number of nitrogens with zero attached hydrogens (tertiary/aromatic N) is 2. The molecule has 0 bridgehead atoms. The molecule has 0 radical (unpaired) electrons. The second-order valence-electron chi connectivity index (χ2n) is 6.67. The third-order valence-corrected chi connectivity index (χ3v) is 4.91. The van der Waals surface area contributed by atoms with Gasteiger partial charge < -0.3 is 9.47 Å². The van der Waals surface area contributed by atoms with Crippen molar-refractivity contribution < 1.29 is 19.3 Å². The second-order valence-corrected chi connectivity index (χ2v) is 6.67. The topological polar surface area (TPSA) is 129 Å². The Morgan fingerprint density at radius 1 is 0.714 bits per heavy atom. The molecule has 0 amide bonds. The fourth-order valence-corrected chi connectivity index (χ4v) is 3.37. The summed E-state index contributed by atoms with van der Waals surface area (Å²) in [4.78, 5) is 20.7. The van der Waals surface area contributed by atoms with Crippen LogP contribution in [0.1, 0.15) is 23.6 Å². The Hall–Kier alpha value is -2.92. The Labute approximate surface area is 159 Å². The average Bonchev–Trinajstić information content (AvgIpc) is 2.73. The van der Waals surface area contributed by atoms with Crippen molar-refractivity contribution in [3.8, 4) is 0 Å². The van der Waals surface area contributed by atoms with E-state index < -0.39 is 9.85 Å². The number of hydrogen-bond acceptors (Lipinski definition) is 8. The molecule has 2 aliphatic heterocycles. The van der Waals surface area contributed by atoms with Crippen molar-refractivity contribution in [2.24, 2.45) is 0 Å². The van der Waals surface area contributed by atoms with Crippen LogP contribution in [-0.2, 0) is 9.47 Å². The molecule has 2 aromatic carbocycles. The van der Waals surface area contributed by atoms with Gasteiger partial charge in [0.1, 0.15) is 12.5 Å². The van der Waals surface area contributed by atoms with Crippen molar-refractivity contribution in [3.63, 3.8) is 0 Å². The third-order valence-electron chi connectivity index (χ3n) is 4.91. The number of ether oxygens (including phenoxy) is 2. The SMILES string of the molecule is O=[N+]([O-])c1ccc([C@@H]2N[C@@H]3CO[C@H](c4ccc([N+](=O)[O-])cc4)N[C@@H]3CO2)cc1. The van der Waals surface area contributed by atoms with E-state index in [0.29, 0.717) is 13.2 Å². The summed E-state index contributed by atoms with van der Waals surface area (Å²) in [5, 5.41) is 28.2. The zero-order chi connectivity index (χ0) is 19.7. The standard InChI is InChI=1S/C18H18N4O6/c23-21(24)13-5-1-11(2-6-13)17-19-15-10-28-18(20-16(15)9-27-17)12-3-7-14(8-4-12)22(25)26/h1-8,15-20H,9-10H2/t15-,16-,17-,18-/m1/s1. The van der Waals surface area contributed by atoms with Gasteiger partial charge in [0.25, 0.3) is 11.4 Å². The molecule has 0 saturated carbocycles. The summed E-state index contributed by atoms with van der Waals surface area (Å²) in [6.45, 7) is 0.873. The second kappa shape index (κ2) is 7.60. The van der Waals surface area contributed by atoms with E-state index in [0.717, 1.165) is 11.1 Å². The Kier molecular flexibility index (Phi) is 5.01. The monoisotopic (exact) mass is 386 g/mol. The predicted octanol–water partition coefficient (Wildman–Crippen LogP) is 2.18. The van der Waals surface area contributed by atoms with Gasteiger partial charge in [0.15, 0.2) is 0 Å². The van der Waals surface area contributed by atoms with Crippen LogP contribution in [0.5, 0.6) is 0 Å². The first-order valence-corrected chi connectivity index (χ1v) is 8.75. The molecular weight excluding hydrogens is 368 g/mol. The van der Waals surface area contributed by atoms with Gasteiger partial charge in [0, 0.05) is 24.3 Å². The maximum Gasteiger partial charge on any atom is 0.269 e. The highest BCUT2D eigenvalue weighted by Gasteiger charge is 2.37. The molecule has 2 aliphatic rings. The molecule has 10 heteroatoms. The van der Waals surface area contributed by atoms with Crippen molar-refractivity contribution in [1.29, 1.82) is 0 Å². The van der Waals surface area contributed by atoms with Crippen LogP contribution in [0.4, 0.5) is 11.4 Å². The van der Waals surface area contributed by atoms with Gasteiger partial charge in [0.05, 0.1) is 35.1 Å². The molecule has 0 aromatic heterocycles. The molecule has 4 rings (SSSR count). The minimum absolute atomic E-state index is 0.00300. The predicted molar refractivity (Wildman–Crippen MR) is 97.4 cm³/mol. The smallest absolute Gasteiger partial charge is 0.269 e. The molecule has 2 fully saturated rings. The van der Waals surface area contributed by atoms with E-state index in [1.807, 2.05) is 0 Å². The molecular formula is C18H18N4O6. The van der Waals surface area contributed by atoms with Crippen LogP contribution in [-0.4, -0.2) is 35.1 Å². The zero-order valence-corrected chi connectivity index (χ0v) is 14.7. The van der Waals surface area contributed by atoms with Crippen LogP contribution < -0.4 is 10.6 Å². The highest BCUT2D eigenvalue weighted by Crippen LogP contribution is 2.28. The number of nitrogens with one attached hydrogen (secondary N) is 2. The number of non-ortho nitro benzene ring substituents is 2. The van der Waals surface area contributed by atoms with Gasteiger partial charge in [-0.3, -0.25) is 30.9 Å². The molecule has 2 saturated heterocycles. The van der Waals surface area contributed by atoms with Crippen molar-refractivity contribution in [2.75, 3.05) is 13.2 Å². The number of nitro benzene ring substituents is 2. The van der Waals surface area contributed by atoms with E-state index in [2.05, 4.69) is 10.6 Å². The highest BCUT2D eigenvalue weighted by molar-refractivity contribution is 5.35. The molecule has 28 heavy (non-hydrogen) atoms. The minimum Gasteiger partial charge on any atom is -0.357 e. The van der Waals surface area contributed by atoms with E-state index in [1.54, 1.807) is 24.3 Å². The first-order valence-electron chi connectivity index (χ1n) is 8.75. The lowest BCUT2D eigenvalue weighted by atomic mass is 10.0. The maximum atomic E-state index is 10.8. The van der Waals surface area contributed by atoms with Crippen molar-refractivity contribution in [3.05, 3.63) is 79.9 Å². The van der Waals surface area contributed by atoms with Crippen LogP contribution in [0.3, 0.4) is 0 Å². The fraction of sp³-hybridized carbons (Fsp3) is 0.333. The lowest BCUT2D eigenvalue weighted by molar-refractivity contribution is -0.385. The first-order chi connectivity index (χ1) is 13.5. The number of rotatable bonds is 4. The summed E-state index contributed by atoms with van der Waals surface area (Å²) >= 11 is 0. The third kappa shape index (κ3) is 3.71. The van der Waals surface area contributed by atoms with Crippen molar-refractivity contribution in [2.45, 2.75) is 24.5 Å². The van der Waals surface area contributed by atoms with E-state index in [1.165, 1.54) is 24.3 Å². The van der Waals surface area contributed by atoms with E-state index in [9.17, 15) is 20.2 Å². The largest absolute Gasteiger partial charge is 0.357 e. The van der Waals surface area contributed by atoms with Crippen LogP contribution in [0.2, 0.25) is 0 Å². The van der Waals surface area contributed by atoms with E-state index in [4.69, 9.17) is 9.47 Å². The number of hydrogen-bond donors (Lipinski definition) is 2. The minimum atomic E-state index is -0.438. The molecule has 0 aliphatic carbocycles. The van der Waals surface area contributed by atoms with Gasteiger partial charge in [-0.15, -0.1) is 0 Å². The molecule has 4 atom stereocenters. The van der Waals surface area contributed by atoms with E-state index >= 15 is 0 Å².